The molecule has 5 nitrogen and oxygen atoms in total. The number of anilines is 1. The average molecular weight is 268 g/mol. The Balaban J connectivity index is 2.96. The van der Waals surface area contributed by atoms with Gasteiger partial charge in [0.25, 0.3) is 0 Å². The van der Waals surface area contributed by atoms with Crippen LogP contribution in [0, 0.1) is 11.7 Å². The van der Waals surface area contributed by atoms with Crippen molar-refractivity contribution in [1.29, 1.82) is 0 Å². The van der Waals surface area contributed by atoms with E-state index in [4.69, 9.17) is 0 Å². The zero-order valence-electron chi connectivity index (χ0n) is 11.1. The summed E-state index contributed by atoms with van der Waals surface area (Å²) in [7, 11) is 2.95. The number of hydrogen-bond acceptors (Lipinski definition) is 4. The van der Waals surface area contributed by atoms with E-state index < -0.39 is 11.8 Å². The SMILES string of the molecule is CNCC(C)C(=O)Nc1cc(F)ccc1C(=O)OC. The molecule has 0 saturated heterocycles. The third-order valence-corrected chi connectivity index (χ3v) is 2.60. The summed E-state index contributed by atoms with van der Waals surface area (Å²) in [4.78, 5) is 23.4. The predicted octanol–water partition coefficient (Wildman–Crippen LogP) is 1.41. The largest absolute Gasteiger partial charge is 0.465 e. The Morgan fingerprint density at radius 3 is 2.68 bits per heavy atom. The summed E-state index contributed by atoms with van der Waals surface area (Å²) in [5, 5.41) is 5.40. The highest BCUT2D eigenvalue weighted by Crippen LogP contribution is 2.19. The lowest BCUT2D eigenvalue weighted by molar-refractivity contribution is -0.119. The summed E-state index contributed by atoms with van der Waals surface area (Å²) in [6.07, 6.45) is 0. The van der Waals surface area contributed by atoms with Gasteiger partial charge in [-0.3, -0.25) is 4.79 Å². The molecule has 0 aromatic heterocycles. The first-order chi connectivity index (χ1) is 8.99. The summed E-state index contributed by atoms with van der Waals surface area (Å²) in [6.45, 7) is 2.21. The number of hydrogen-bond donors (Lipinski definition) is 2. The van der Waals surface area contributed by atoms with Gasteiger partial charge in [0.05, 0.1) is 18.4 Å². The minimum atomic E-state index is -0.628. The van der Waals surface area contributed by atoms with Crippen molar-refractivity contribution in [3.63, 3.8) is 0 Å². The smallest absolute Gasteiger partial charge is 0.339 e. The Morgan fingerprint density at radius 2 is 2.11 bits per heavy atom. The van der Waals surface area contributed by atoms with E-state index in [1.165, 1.54) is 13.2 Å². The Labute approximate surface area is 111 Å². The molecule has 0 radical (unpaired) electrons. The molecule has 0 saturated carbocycles. The first-order valence-electron chi connectivity index (χ1n) is 5.83. The van der Waals surface area contributed by atoms with E-state index >= 15 is 0 Å². The van der Waals surface area contributed by atoms with Crippen LogP contribution in [0.4, 0.5) is 10.1 Å². The maximum Gasteiger partial charge on any atom is 0.339 e. The maximum atomic E-state index is 13.2. The van der Waals surface area contributed by atoms with Crippen molar-refractivity contribution in [3.05, 3.63) is 29.6 Å². The van der Waals surface area contributed by atoms with Crippen molar-refractivity contribution in [2.24, 2.45) is 5.92 Å². The predicted molar refractivity (Wildman–Crippen MR) is 69.5 cm³/mol. The van der Waals surface area contributed by atoms with Gasteiger partial charge in [-0.2, -0.15) is 0 Å². The molecule has 1 atom stereocenters. The minimum absolute atomic E-state index is 0.111. The number of esters is 1. The van der Waals surface area contributed by atoms with Crippen LogP contribution in [0.3, 0.4) is 0 Å². The first kappa shape index (κ1) is 15.1. The van der Waals surface area contributed by atoms with Crippen molar-refractivity contribution in [2.45, 2.75) is 6.92 Å². The number of rotatable bonds is 5. The monoisotopic (exact) mass is 268 g/mol. The molecule has 19 heavy (non-hydrogen) atoms. The van der Waals surface area contributed by atoms with Crippen LogP contribution in [-0.2, 0) is 9.53 Å². The molecule has 0 spiro atoms. The van der Waals surface area contributed by atoms with Crippen molar-refractivity contribution in [2.75, 3.05) is 26.0 Å². The van der Waals surface area contributed by atoms with Crippen molar-refractivity contribution in [3.8, 4) is 0 Å². The number of carbonyl (C=O) groups is 2. The van der Waals surface area contributed by atoms with Crippen molar-refractivity contribution < 1.29 is 18.7 Å². The molecule has 0 aliphatic carbocycles. The summed E-state index contributed by atoms with van der Waals surface area (Å²) in [5.74, 6) is -1.77. The van der Waals surface area contributed by atoms with E-state index in [2.05, 4.69) is 15.4 Å². The lowest BCUT2D eigenvalue weighted by atomic mass is 10.1. The molecule has 1 rings (SSSR count). The number of nitrogens with one attached hydrogen (secondary N) is 2. The van der Waals surface area contributed by atoms with Gasteiger partial charge in [-0.15, -0.1) is 0 Å². The van der Waals surface area contributed by atoms with Gasteiger partial charge in [0.2, 0.25) is 5.91 Å². The van der Waals surface area contributed by atoms with Crippen LogP contribution in [0.1, 0.15) is 17.3 Å². The molecule has 0 aliphatic rings. The van der Waals surface area contributed by atoms with Gasteiger partial charge in [-0.05, 0) is 25.2 Å². The molecular formula is C13H17FN2O3. The molecule has 1 amide bonds. The Bertz CT molecular complexity index is 477. The van der Waals surface area contributed by atoms with Gasteiger partial charge >= 0.3 is 5.97 Å². The quantitative estimate of drug-likeness (QED) is 0.792. The fraction of sp³-hybridized carbons (Fsp3) is 0.385. The zero-order valence-corrected chi connectivity index (χ0v) is 11.1. The van der Waals surface area contributed by atoms with Crippen LogP contribution in [0.2, 0.25) is 0 Å². The summed E-state index contributed by atoms with van der Waals surface area (Å²) in [5.41, 5.74) is 0.230. The van der Waals surface area contributed by atoms with Crippen LogP contribution < -0.4 is 10.6 Å². The van der Waals surface area contributed by atoms with Crippen molar-refractivity contribution in [1.82, 2.24) is 5.32 Å². The van der Waals surface area contributed by atoms with Crippen LogP contribution >= 0.6 is 0 Å². The Kier molecular flexibility index (Phi) is 5.44. The molecule has 1 aromatic carbocycles. The second-order valence-electron chi connectivity index (χ2n) is 4.13. The lowest BCUT2D eigenvalue weighted by Crippen LogP contribution is -2.29. The molecule has 6 heteroatoms. The van der Waals surface area contributed by atoms with Gasteiger partial charge in [0.1, 0.15) is 5.82 Å². The van der Waals surface area contributed by atoms with Crippen LogP contribution in [0.15, 0.2) is 18.2 Å². The molecule has 0 heterocycles. The highest BCUT2D eigenvalue weighted by Gasteiger charge is 2.17. The van der Waals surface area contributed by atoms with Gasteiger partial charge < -0.3 is 15.4 Å². The number of methoxy groups -OCH3 is 1. The zero-order chi connectivity index (χ0) is 14.4. The molecule has 0 aliphatic heterocycles. The summed E-state index contributed by atoms with van der Waals surface area (Å²) >= 11 is 0. The second kappa shape index (κ2) is 6.84. The average Bonchev–Trinajstić information content (AvgIpc) is 2.38. The van der Waals surface area contributed by atoms with Gasteiger partial charge in [0.15, 0.2) is 0 Å². The third-order valence-electron chi connectivity index (χ3n) is 2.60. The van der Waals surface area contributed by atoms with Crippen LogP contribution in [-0.4, -0.2) is 32.6 Å². The van der Waals surface area contributed by atoms with Gasteiger partial charge in [-0.1, -0.05) is 6.92 Å². The summed E-state index contributed by atoms with van der Waals surface area (Å²) in [6, 6.07) is 3.51. The molecule has 1 unspecified atom stereocenters. The number of amides is 1. The van der Waals surface area contributed by atoms with E-state index in [9.17, 15) is 14.0 Å². The Hall–Kier alpha value is -1.95. The Morgan fingerprint density at radius 1 is 1.42 bits per heavy atom. The number of carbonyl (C=O) groups excluding carboxylic acids is 2. The maximum absolute atomic E-state index is 13.2. The fourth-order valence-electron chi connectivity index (χ4n) is 1.56. The highest BCUT2D eigenvalue weighted by atomic mass is 19.1. The van der Waals surface area contributed by atoms with E-state index in [0.29, 0.717) is 6.54 Å². The third kappa shape index (κ3) is 4.03. The second-order valence-corrected chi connectivity index (χ2v) is 4.13. The lowest BCUT2D eigenvalue weighted by Gasteiger charge is -2.14. The fourth-order valence-corrected chi connectivity index (χ4v) is 1.56. The highest BCUT2D eigenvalue weighted by molar-refractivity contribution is 6.01. The first-order valence-corrected chi connectivity index (χ1v) is 5.83. The van der Waals surface area contributed by atoms with E-state index in [-0.39, 0.29) is 23.1 Å². The molecule has 0 fully saturated rings. The van der Waals surface area contributed by atoms with E-state index in [1.807, 2.05) is 0 Å². The van der Waals surface area contributed by atoms with Crippen LogP contribution in [0.5, 0.6) is 0 Å². The number of benzene rings is 1. The minimum Gasteiger partial charge on any atom is -0.465 e. The molecule has 104 valence electrons. The topological polar surface area (TPSA) is 67.4 Å². The number of ether oxygens (including phenoxy) is 1. The van der Waals surface area contributed by atoms with Gasteiger partial charge in [0, 0.05) is 12.5 Å². The van der Waals surface area contributed by atoms with Crippen LogP contribution in [0.25, 0.3) is 0 Å². The molecule has 2 N–H and O–H groups in total. The normalized spacial score (nSPS) is 11.8. The van der Waals surface area contributed by atoms with Crippen molar-refractivity contribution >= 4 is 17.6 Å². The molecular weight excluding hydrogens is 251 g/mol. The standard InChI is InChI=1S/C13H17FN2O3/c1-8(7-15-2)12(17)16-11-6-9(14)4-5-10(11)13(18)19-3/h4-6,8,15H,7H2,1-3H3,(H,16,17). The van der Waals surface area contributed by atoms with E-state index in [0.717, 1.165) is 12.1 Å². The molecule has 0 bridgehead atoms. The van der Waals surface area contributed by atoms with Gasteiger partial charge in [-0.25, -0.2) is 9.18 Å². The summed E-state index contributed by atoms with van der Waals surface area (Å²) < 4.78 is 17.8. The molecule has 1 aromatic rings. The number of halogens is 1. The van der Waals surface area contributed by atoms with E-state index in [1.54, 1.807) is 14.0 Å².